The summed E-state index contributed by atoms with van der Waals surface area (Å²) in [5, 5.41) is 7.05. The van der Waals surface area contributed by atoms with Crippen molar-refractivity contribution in [1.29, 1.82) is 0 Å². The van der Waals surface area contributed by atoms with E-state index in [1.807, 2.05) is 18.1 Å². The maximum atomic E-state index is 5.61. The molecule has 4 nitrogen and oxygen atoms in total. The second-order valence-corrected chi connectivity index (χ2v) is 7.98. The summed E-state index contributed by atoms with van der Waals surface area (Å²) < 4.78 is 2.49. The van der Waals surface area contributed by atoms with E-state index < -0.39 is 0 Å². The lowest BCUT2D eigenvalue weighted by Gasteiger charge is -2.25. The average molecular weight is 349 g/mol. The first-order valence-electron chi connectivity index (χ1n) is 8.15. The van der Waals surface area contributed by atoms with Gasteiger partial charge in [-0.25, -0.2) is 9.29 Å². The molecular weight excluding hydrogens is 324 g/mol. The fourth-order valence-electron chi connectivity index (χ4n) is 2.72. The molecule has 3 rings (SSSR count). The smallest absolute Gasteiger partial charge is 0.104 e. The minimum atomic E-state index is 0.548. The normalized spacial score (nSPS) is 19.8. The maximum absolute atomic E-state index is 5.61. The molecule has 23 heavy (non-hydrogen) atoms. The molecule has 1 aromatic heterocycles. The van der Waals surface area contributed by atoms with Gasteiger partial charge in [0.05, 0.1) is 0 Å². The molecule has 3 N–H and O–H groups in total. The predicted octanol–water partition coefficient (Wildman–Crippen LogP) is 2.98. The SMILES string of the molecule is C[C@H]1CNCCCN1Sc1ccc2c(SCCN)nccc2c1. The zero-order valence-electron chi connectivity index (χ0n) is 13.5. The van der Waals surface area contributed by atoms with Crippen molar-refractivity contribution < 1.29 is 0 Å². The van der Waals surface area contributed by atoms with Gasteiger partial charge in [-0.3, -0.25) is 0 Å². The van der Waals surface area contributed by atoms with Gasteiger partial charge in [0.15, 0.2) is 0 Å². The van der Waals surface area contributed by atoms with E-state index in [-0.39, 0.29) is 0 Å². The van der Waals surface area contributed by atoms with Crippen LogP contribution in [0.3, 0.4) is 0 Å². The number of hydrogen-bond acceptors (Lipinski definition) is 6. The van der Waals surface area contributed by atoms with Crippen molar-refractivity contribution in [3.63, 3.8) is 0 Å². The summed E-state index contributed by atoms with van der Waals surface area (Å²) in [6.07, 6.45) is 3.10. The molecule has 1 atom stereocenters. The van der Waals surface area contributed by atoms with Crippen LogP contribution in [0, 0.1) is 0 Å². The van der Waals surface area contributed by atoms with Crippen molar-refractivity contribution in [2.24, 2.45) is 5.73 Å². The summed E-state index contributed by atoms with van der Waals surface area (Å²) in [6, 6.07) is 9.33. The summed E-state index contributed by atoms with van der Waals surface area (Å²) in [5.41, 5.74) is 5.61. The van der Waals surface area contributed by atoms with Crippen LogP contribution in [0.1, 0.15) is 13.3 Å². The molecule has 1 fully saturated rings. The second kappa shape index (κ2) is 8.35. The maximum Gasteiger partial charge on any atom is 0.104 e. The van der Waals surface area contributed by atoms with Gasteiger partial charge >= 0.3 is 0 Å². The third-order valence-electron chi connectivity index (χ3n) is 3.94. The molecule has 0 radical (unpaired) electrons. The highest BCUT2D eigenvalue weighted by Crippen LogP contribution is 2.31. The number of nitrogens with two attached hydrogens (primary N) is 1. The van der Waals surface area contributed by atoms with Gasteiger partial charge in [0.2, 0.25) is 0 Å². The molecule has 0 bridgehead atoms. The number of benzene rings is 1. The third-order valence-corrected chi connectivity index (χ3v) is 6.22. The summed E-state index contributed by atoms with van der Waals surface area (Å²) in [5.74, 6) is 0.904. The van der Waals surface area contributed by atoms with Crippen LogP contribution in [0.4, 0.5) is 0 Å². The fourth-order valence-corrected chi connectivity index (χ4v) is 4.56. The van der Waals surface area contributed by atoms with Gasteiger partial charge in [-0.1, -0.05) is 6.07 Å². The van der Waals surface area contributed by atoms with E-state index in [1.165, 1.54) is 22.1 Å². The number of rotatable bonds is 5. The first kappa shape index (κ1) is 17.0. The van der Waals surface area contributed by atoms with Crippen molar-refractivity contribution in [2.75, 3.05) is 31.9 Å². The molecule has 2 heterocycles. The van der Waals surface area contributed by atoms with Gasteiger partial charge in [-0.15, -0.1) is 11.8 Å². The van der Waals surface area contributed by atoms with Gasteiger partial charge in [-0.2, -0.15) is 0 Å². The molecule has 0 aliphatic carbocycles. The molecule has 1 saturated heterocycles. The number of pyridine rings is 1. The van der Waals surface area contributed by atoms with Crippen LogP contribution in [0.5, 0.6) is 0 Å². The highest BCUT2D eigenvalue weighted by atomic mass is 32.2. The Kier molecular flexibility index (Phi) is 6.19. The van der Waals surface area contributed by atoms with Gasteiger partial charge < -0.3 is 11.1 Å². The number of hydrogen-bond donors (Lipinski definition) is 2. The lowest BCUT2D eigenvalue weighted by atomic mass is 10.2. The third kappa shape index (κ3) is 4.39. The summed E-state index contributed by atoms with van der Waals surface area (Å²) in [4.78, 5) is 5.79. The Bertz CT molecular complexity index is 650. The van der Waals surface area contributed by atoms with Gasteiger partial charge in [0, 0.05) is 47.9 Å². The quantitative estimate of drug-likeness (QED) is 0.640. The zero-order valence-corrected chi connectivity index (χ0v) is 15.1. The van der Waals surface area contributed by atoms with E-state index in [0.717, 1.165) is 30.4 Å². The average Bonchev–Trinajstić information content (AvgIpc) is 2.77. The van der Waals surface area contributed by atoms with Crippen LogP contribution < -0.4 is 11.1 Å². The molecule has 0 saturated carbocycles. The predicted molar refractivity (Wildman–Crippen MR) is 101 cm³/mol. The number of aromatic nitrogens is 1. The lowest BCUT2D eigenvalue weighted by Crippen LogP contribution is -2.32. The Morgan fingerprint density at radius 1 is 1.39 bits per heavy atom. The highest BCUT2D eigenvalue weighted by Gasteiger charge is 2.17. The van der Waals surface area contributed by atoms with Crippen molar-refractivity contribution in [2.45, 2.75) is 29.3 Å². The Morgan fingerprint density at radius 2 is 2.30 bits per heavy atom. The van der Waals surface area contributed by atoms with Crippen LogP contribution in [-0.2, 0) is 0 Å². The highest BCUT2D eigenvalue weighted by molar-refractivity contribution is 7.99. The van der Waals surface area contributed by atoms with Crippen LogP contribution in [0.25, 0.3) is 10.8 Å². The van der Waals surface area contributed by atoms with E-state index in [9.17, 15) is 0 Å². The van der Waals surface area contributed by atoms with E-state index >= 15 is 0 Å². The van der Waals surface area contributed by atoms with Crippen LogP contribution in [-0.4, -0.2) is 47.3 Å². The molecule has 124 valence electrons. The minimum Gasteiger partial charge on any atom is -0.330 e. The van der Waals surface area contributed by atoms with E-state index in [4.69, 9.17) is 5.73 Å². The van der Waals surface area contributed by atoms with Crippen molar-refractivity contribution in [3.8, 4) is 0 Å². The van der Waals surface area contributed by atoms with Crippen LogP contribution in [0.2, 0.25) is 0 Å². The Balaban J connectivity index is 1.79. The van der Waals surface area contributed by atoms with Crippen molar-refractivity contribution >= 4 is 34.5 Å². The lowest BCUT2D eigenvalue weighted by molar-refractivity contribution is 0.394. The molecule has 0 unspecified atom stereocenters. The largest absolute Gasteiger partial charge is 0.330 e. The molecule has 1 aromatic carbocycles. The number of nitrogens with zero attached hydrogens (tertiary/aromatic N) is 2. The molecule has 1 aliphatic rings. The minimum absolute atomic E-state index is 0.548. The van der Waals surface area contributed by atoms with E-state index in [2.05, 4.69) is 45.8 Å². The van der Waals surface area contributed by atoms with Crippen molar-refractivity contribution in [3.05, 3.63) is 30.5 Å². The summed E-state index contributed by atoms with van der Waals surface area (Å²) in [6.45, 7) is 6.27. The first-order chi connectivity index (χ1) is 11.3. The monoisotopic (exact) mass is 348 g/mol. The Hall–Kier alpha value is -0.790. The van der Waals surface area contributed by atoms with Crippen LogP contribution >= 0.6 is 23.7 Å². The van der Waals surface area contributed by atoms with Gasteiger partial charge in [0.1, 0.15) is 5.03 Å². The first-order valence-corrected chi connectivity index (χ1v) is 9.91. The molecule has 0 amide bonds. The zero-order chi connectivity index (χ0) is 16.1. The van der Waals surface area contributed by atoms with Crippen LogP contribution in [0.15, 0.2) is 40.4 Å². The Morgan fingerprint density at radius 3 is 3.17 bits per heavy atom. The van der Waals surface area contributed by atoms with E-state index in [1.54, 1.807) is 11.8 Å². The van der Waals surface area contributed by atoms with Gasteiger partial charge in [-0.05, 0) is 55.4 Å². The standard InChI is InChI=1S/C17H24N4S2/c1-13-12-19-7-2-9-21(13)23-15-3-4-16-14(11-15)5-8-20-17(16)22-10-6-18/h3-5,8,11,13,19H,2,6-7,9-10,12,18H2,1H3/t13-/m0/s1. The van der Waals surface area contributed by atoms with Crippen molar-refractivity contribution in [1.82, 2.24) is 14.6 Å². The van der Waals surface area contributed by atoms with Gasteiger partial charge in [0.25, 0.3) is 0 Å². The molecule has 6 heteroatoms. The van der Waals surface area contributed by atoms with E-state index in [0.29, 0.717) is 12.6 Å². The summed E-state index contributed by atoms with van der Waals surface area (Å²) in [7, 11) is 0. The molecule has 2 aromatic rings. The summed E-state index contributed by atoms with van der Waals surface area (Å²) >= 11 is 3.60. The molecule has 1 aliphatic heterocycles. The number of nitrogens with one attached hydrogen (secondary N) is 1. The fraction of sp³-hybridized carbons (Fsp3) is 0.471. The number of thioether (sulfide) groups is 1. The topological polar surface area (TPSA) is 54.2 Å². The second-order valence-electron chi connectivity index (χ2n) is 5.77. The molecule has 0 spiro atoms. The Labute approximate surface area is 146 Å². The number of fused-ring (bicyclic) bond motifs is 1. The molecular formula is C17H24N4S2.